The van der Waals surface area contributed by atoms with Crippen molar-refractivity contribution in [3.63, 3.8) is 0 Å². The number of ether oxygens (including phenoxy) is 2. The molecule has 0 aliphatic carbocycles. The van der Waals surface area contributed by atoms with Gasteiger partial charge < -0.3 is 9.47 Å². The molecule has 0 aliphatic rings. The molecule has 0 rings (SSSR count). The third-order valence-electron chi connectivity index (χ3n) is 2.82. The van der Waals surface area contributed by atoms with Crippen LogP contribution in [0.25, 0.3) is 0 Å². The maximum Gasteiger partial charge on any atom is 0.694 e. The van der Waals surface area contributed by atoms with Crippen LogP contribution >= 0.6 is 8.25 Å². The summed E-state index contributed by atoms with van der Waals surface area (Å²) in [6, 6.07) is 0. The molecule has 0 saturated heterocycles. The largest absolute Gasteiger partial charge is 0.694 e. The zero-order valence-electron chi connectivity index (χ0n) is 13.5. The molecule has 0 bridgehead atoms. The number of esters is 1. The van der Waals surface area contributed by atoms with Crippen LogP contribution in [-0.4, -0.2) is 35.3 Å². The molecule has 1 N–H and O–H groups in total. The number of rotatable bonds is 10. The summed E-state index contributed by atoms with van der Waals surface area (Å²) in [6.45, 7) is 13.0. The smallest absolute Gasteiger partial charge is 0.456 e. The van der Waals surface area contributed by atoms with Gasteiger partial charge in [-0.3, -0.25) is 0 Å². The summed E-state index contributed by atoms with van der Waals surface area (Å²) in [7, 11) is -2.57. The summed E-state index contributed by atoms with van der Waals surface area (Å²) < 4.78 is 26.1. The minimum absolute atomic E-state index is 0.146. The first-order valence-electron chi connectivity index (χ1n) is 6.77. The van der Waals surface area contributed by atoms with Crippen molar-refractivity contribution < 1.29 is 28.3 Å². The number of carbonyl (C=O) groups excluding carboxylic acids is 1. The molecule has 21 heavy (non-hydrogen) atoms. The highest BCUT2D eigenvalue weighted by Gasteiger charge is 2.26. The van der Waals surface area contributed by atoms with E-state index in [4.69, 9.17) is 14.4 Å². The van der Waals surface area contributed by atoms with E-state index in [2.05, 4.69) is 11.1 Å². The Balaban J connectivity index is 4.12. The van der Waals surface area contributed by atoms with E-state index in [0.29, 0.717) is 25.0 Å². The Kier molecular flexibility index (Phi) is 8.26. The van der Waals surface area contributed by atoms with Crippen LogP contribution in [0.4, 0.5) is 0 Å². The van der Waals surface area contributed by atoms with Crippen molar-refractivity contribution in [2.45, 2.75) is 58.7 Å². The van der Waals surface area contributed by atoms with E-state index in [1.807, 2.05) is 27.7 Å². The van der Waals surface area contributed by atoms with Gasteiger partial charge in [-0.1, -0.05) is 6.58 Å². The van der Waals surface area contributed by atoms with Crippen LogP contribution < -0.4 is 0 Å². The fraction of sp³-hybridized carbons (Fsp3) is 0.786. The van der Waals surface area contributed by atoms with Gasteiger partial charge in [-0.15, -0.1) is 9.42 Å². The van der Waals surface area contributed by atoms with E-state index in [0.717, 1.165) is 0 Å². The maximum atomic E-state index is 11.5. The van der Waals surface area contributed by atoms with Crippen LogP contribution in [-0.2, 0) is 23.4 Å². The average Bonchev–Trinajstić information content (AvgIpc) is 2.26. The van der Waals surface area contributed by atoms with Crippen LogP contribution in [0.2, 0.25) is 0 Å². The molecule has 0 aromatic heterocycles. The zero-order valence-corrected chi connectivity index (χ0v) is 14.4. The number of carbonyl (C=O) groups is 1. The summed E-state index contributed by atoms with van der Waals surface area (Å²) in [5.41, 5.74) is -0.767. The Morgan fingerprint density at radius 3 is 2.14 bits per heavy atom. The average molecular weight is 321 g/mol. The SMILES string of the molecule is C=C(C)C(=O)OC(C)(C)CCOC(C)(C)CCO[P+](=O)O. The summed E-state index contributed by atoms with van der Waals surface area (Å²) >= 11 is 0. The van der Waals surface area contributed by atoms with E-state index in [1.54, 1.807) is 6.92 Å². The molecule has 0 aromatic rings. The van der Waals surface area contributed by atoms with Crippen LogP contribution in [0, 0.1) is 0 Å². The molecule has 0 heterocycles. The molecule has 0 amide bonds. The molecule has 6 nitrogen and oxygen atoms in total. The van der Waals surface area contributed by atoms with Crippen LogP contribution in [0.3, 0.4) is 0 Å². The lowest BCUT2D eigenvalue weighted by atomic mass is 10.0. The van der Waals surface area contributed by atoms with Gasteiger partial charge in [-0.25, -0.2) is 4.79 Å². The first kappa shape index (κ1) is 20.2. The molecule has 0 fully saturated rings. The van der Waals surface area contributed by atoms with Gasteiger partial charge >= 0.3 is 14.2 Å². The molecule has 1 unspecified atom stereocenters. The molecular weight excluding hydrogens is 295 g/mol. The first-order chi connectivity index (χ1) is 9.45. The quantitative estimate of drug-likeness (QED) is 0.378. The van der Waals surface area contributed by atoms with E-state index in [9.17, 15) is 9.36 Å². The highest BCUT2D eigenvalue weighted by atomic mass is 31.1. The second-order valence-electron chi connectivity index (χ2n) is 6.11. The highest BCUT2D eigenvalue weighted by Crippen LogP contribution is 2.22. The predicted molar refractivity (Wildman–Crippen MR) is 80.0 cm³/mol. The second kappa shape index (κ2) is 8.59. The third kappa shape index (κ3) is 10.5. The predicted octanol–water partition coefficient (Wildman–Crippen LogP) is 3.13. The summed E-state index contributed by atoms with van der Waals surface area (Å²) in [6.07, 6.45) is 1.02. The molecule has 0 aliphatic heterocycles. The minimum Gasteiger partial charge on any atom is -0.456 e. The fourth-order valence-corrected chi connectivity index (χ4v) is 1.65. The van der Waals surface area contributed by atoms with Crippen molar-refractivity contribution in [3.8, 4) is 0 Å². The van der Waals surface area contributed by atoms with Crippen molar-refractivity contribution in [2.24, 2.45) is 0 Å². The normalized spacial score (nSPS) is 13.0. The lowest BCUT2D eigenvalue weighted by molar-refractivity contribution is -0.154. The highest BCUT2D eigenvalue weighted by molar-refractivity contribution is 7.32. The first-order valence-corrected chi connectivity index (χ1v) is 7.90. The maximum absolute atomic E-state index is 11.5. The van der Waals surface area contributed by atoms with Gasteiger partial charge in [0.2, 0.25) is 0 Å². The van der Waals surface area contributed by atoms with Gasteiger partial charge in [-0.2, -0.15) is 0 Å². The topological polar surface area (TPSA) is 82.1 Å². The van der Waals surface area contributed by atoms with E-state index in [1.165, 1.54) is 0 Å². The molecule has 0 saturated carbocycles. The van der Waals surface area contributed by atoms with Gasteiger partial charge in [0.05, 0.1) is 12.2 Å². The van der Waals surface area contributed by atoms with Crippen molar-refractivity contribution in [1.82, 2.24) is 0 Å². The minimum atomic E-state index is -2.57. The lowest BCUT2D eigenvalue weighted by Gasteiger charge is -2.29. The zero-order chi connectivity index (χ0) is 16.7. The van der Waals surface area contributed by atoms with Gasteiger partial charge in [0.15, 0.2) is 0 Å². The molecule has 122 valence electrons. The Morgan fingerprint density at radius 2 is 1.67 bits per heavy atom. The van der Waals surface area contributed by atoms with Gasteiger partial charge in [0.1, 0.15) is 12.2 Å². The molecule has 0 radical (unpaired) electrons. The fourth-order valence-electron chi connectivity index (χ4n) is 1.40. The lowest BCUT2D eigenvalue weighted by Crippen LogP contribution is -2.33. The Bertz CT molecular complexity index is 389. The Morgan fingerprint density at radius 1 is 1.14 bits per heavy atom. The van der Waals surface area contributed by atoms with Crippen molar-refractivity contribution in [1.29, 1.82) is 0 Å². The van der Waals surface area contributed by atoms with Crippen molar-refractivity contribution >= 4 is 14.2 Å². The molecule has 1 atom stereocenters. The van der Waals surface area contributed by atoms with E-state index in [-0.39, 0.29) is 6.61 Å². The summed E-state index contributed by atoms with van der Waals surface area (Å²) in [5, 5.41) is 0. The van der Waals surface area contributed by atoms with Crippen LogP contribution in [0.15, 0.2) is 12.2 Å². The van der Waals surface area contributed by atoms with Gasteiger partial charge in [0.25, 0.3) is 0 Å². The number of hydrogen-bond acceptors (Lipinski definition) is 5. The standard InChI is InChI=1S/C14H25O6P/c1-11(2)12(15)20-14(5,6)7-9-18-13(3,4)8-10-19-21(16)17/h1,7-10H2,2-6H3/p+1. The van der Waals surface area contributed by atoms with Gasteiger partial charge in [0, 0.05) is 23.0 Å². The van der Waals surface area contributed by atoms with Crippen LogP contribution in [0.1, 0.15) is 47.5 Å². The Hall–Kier alpha value is -0.810. The molecular formula is C14H26O6P+. The second-order valence-corrected chi connectivity index (χ2v) is 6.84. The molecule has 0 spiro atoms. The molecule has 7 heteroatoms. The monoisotopic (exact) mass is 321 g/mol. The van der Waals surface area contributed by atoms with E-state index >= 15 is 0 Å². The van der Waals surface area contributed by atoms with Crippen molar-refractivity contribution in [2.75, 3.05) is 13.2 Å². The summed E-state index contributed by atoms with van der Waals surface area (Å²) in [5.74, 6) is -0.417. The van der Waals surface area contributed by atoms with Gasteiger partial charge in [-0.05, 0) is 34.6 Å². The van der Waals surface area contributed by atoms with Crippen LogP contribution in [0.5, 0.6) is 0 Å². The van der Waals surface area contributed by atoms with Crippen molar-refractivity contribution in [3.05, 3.63) is 12.2 Å². The Labute approximate surface area is 127 Å². The molecule has 0 aromatic carbocycles. The third-order valence-corrected chi connectivity index (χ3v) is 3.22. The summed E-state index contributed by atoms with van der Waals surface area (Å²) in [4.78, 5) is 20.0. The van der Waals surface area contributed by atoms with E-state index < -0.39 is 25.4 Å². The number of hydrogen-bond donors (Lipinski definition) is 1.